The maximum atomic E-state index is 3.87. The van der Waals surface area contributed by atoms with Gasteiger partial charge in [-0.15, -0.1) is 0 Å². The fraction of sp³-hybridized carbons (Fsp3) is 0.417. The van der Waals surface area contributed by atoms with Crippen LogP contribution in [-0.2, 0) is 6.42 Å². The molecule has 0 saturated heterocycles. The van der Waals surface area contributed by atoms with Crippen LogP contribution in [-0.4, -0.2) is 0 Å². The van der Waals surface area contributed by atoms with E-state index < -0.39 is 0 Å². The Hall–Kier alpha value is -0.780. The van der Waals surface area contributed by atoms with E-state index in [0.29, 0.717) is 0 Å². The van der Waals surface area contributed by atoms with Gasteiger partial charge in [-0.05, 0) is 17.9 Å². The topological polar surface area (TPSA) is 0 Å². The first-order valence-electron chi connectivity index (χ1n) is 4.66. The summed E-state index contributed by atoms with van der Waals surface area (Å²) in [5.41, 5.74) is 1.44. The molecule has 1 unspecified atom stereocenters. The van der Waals surface area contributed by atoms with Crippen molar-refractivity contribution in [3.8, 4) is 0 Å². The molecule has 0 heterocycles. The second kappa shape index (κ2) is 4.97. The van der Waals surface area contributed by atoms with Gasteiger partial charge in [-0.25, -0.2) is 0 Å². The molecule has 1 aromatic rings. The highest BCUT2D eigenvalue weighted by atomic mass is 14.1. The summed E-state index contributed by atoms with van der Waals surface area (Å²) in [7, 11) is 0. The first-order chi connectivity index (χ1) is 5.83. The van der Waals surface area contributed by atoms with E-state index in [4.69, 9.17) is 0 Å². The number of hydrogen-bond donors (Lipinski definition) is 0. The monoisotopic (exact) mass is 161 g/mol. The van der Waals surface area contributed by atoms with E-state index in [0.717, 1.165) is 12.3 Å². The van der Waals surface area contributed by atoms with E-state index in [1.165, 1.54) is 18.4 Å². The number of rotatable bonds is 4. The molecule has 0 spiro atoms. The second-order valence-corrected chi connectivity index (χ2v) is 3.44. The van der Waals surface area contributed by atoms with E-state index in [9.17, 15) is 0 Å². The smallest absolute Gasteiger partial charge is 0.0253 e. The van der Waals surface area contributed by atoms with Crippen molar-refractivity contribution in [2.24, 2.45) is 5.92 Å². The van der Waals surface area contributed by atoms with Crippen molar-refractivity contribution in [1.82, 2.24) is 0 Å². The molecule has 0 nitrogen and oxygen atoms in total. The lowest BCUT2D eigenvalue weighted by Gasteiger charge is -2.08. The molecule has 0 saturated carbocycles. The van der Waals surface area contributed by atoms with E-state index in [1.807, 2.05) is 0 Å². The van der Waals surface area contributed by atoms with Gasteiger partial charge in [-0.2, -0.15) is 0 Å². The maximum Gasteiger partial charge on any atom is -0.0253 e. The highest BCUT2D eigenvalue weighted by Crippen LogP contribution is 2.12. The van der Waals surface area contributed by atoms with Crippen LogP contribution in [0.4, 0.5) is 0 Å². The number of hydrogen-bond acceptors (Lipinski definition) is 0. The van der Waals surface area contributed by atoms with Gasteiger partial charge in [0.05, 0.1) is 0 Å². The summed E-state index contributed by atoms with van der Waals surface area (Å²) in [5.74, 6) is 0.768. The summed E-state index contributed by atoms with van der Waals surface area (Å²) < 4.78 is 0. The lowest BCUT2D eigenvalue weighted by molar-refractivity contribution is 0.535. The summed E-state index contributed by atoms with van der Waals surface area (Å²) in [6.07, 6.45) is 3.47. The molecule has 12 heavy (non-hydrogen) atoms. The van der Waals surface area contributed by atoms with Gasteiger partial charge >= 0.3 is 0 Å². The standard InChI is InChI=1S/C12H17/c1-3-7-11(2)10-12-8-5-4-6-9-12/h4-6,8-9,11H,1,3,7,10H2,2H3. The predicted octanol–water partition coefficient (Wildman–Crippen LogP) is 3.48. The maximum absolute atomic E-state index is 3.87. The van der Waals surface area contributed by atoms with Gasteiger partial charge in [0.1, 0.15) is 0 Å². The van der Waals surface area contributed by atoms with Crippen LogP contribution in [0.3, 0.4) is 0 Å². The molecule has 0 bridgehead atoms. The molecule has 1 atom stereocenters. The van der Waals surface area contributed by atoms with Gasteiger partial charge in [0.2, 0.25) is 0 Å². The molecule has 0 aliphatic carbocycles. The Balaban J connectivity index is 2.41. The van der Waals surface area contributed by atoms with Crippen LogP contribution in [0.15, 0.2) is 30.3 Å². The third-order valence-electron chi connectivity index (χ3n) is 2.12. The van der Waals surface area contributed by atoms with Gasteiger partial charge < -0.3 is 0 Å². The molecule has 0 fully saturated rings. The van der Waals surface area contributed by atoms with Gasteiger partial charge in [0.25, 0.3) is 0 Å². The van der Waals surface area contributed by atoms with Crippen molar-refractivity contribution < 1.29 is 0 Å². The van der Waals surface area contributed by atoms with E-state index in [2.05, 4.69) is 44.2 Å². The minimum Gasteiger partial charge on any atom is -0.0622 e. The van der Waals surface area contributed by atoms with Crippen LogP contribution < -0.4 is 0 Å². The molecule has 0 aliphatic rings. The molecule has 0 N–H and O–H groups in total. The van der Waals surface area contributed by atoms with Crippen molar-refractivity contribution in [1.29, 1.82) is 0 Å². The van der Waals surface area contributed by atoms with Crippen molar-refractivity contribution >= 4 is 0 Å². The van der Waals surface area contributed by atoms with Crippen LogP contribution in [0, 0.1) is 12.8 Å². The average molecular weight is 161 g/mol. The van der Waals surface area contributed by atoms with Gasteiger partial charge in [-0.3, -0.25) is 0 Å². The van der Waals surface area contributed by atoms with Crippen molar-refractivity contribution in [2.45, 2.75) is 26.2 Å². The second-order valence-electron chi connectivity index (χ2n) is 3.44. The Kier molecular flexibility index (Phi) is 3.86. The minimum atomic E-state index is 0.768. The SMILES string of the molecule is [CH2]CCC(C)Cc1ccccc1. The van der Waals surface area contributed by atoms with Gasteiger partial charge in [0, 0.05) is 0 Å². The first-order valence-corrected chi connectivity index (χ1v) is 4.66. The van der Waals surface area contributed by atoms with Crippen LogP contribution in [0.1, 0.15) is 25.3 Å². The molecule has 0 aromatic heterocycles. The van der Waals surface area contributed by atoms with Crippen molar-refractivity contribution in [3.05, 3.63) is 42.8 Å². The van der Waals surface area contributed by atoms with Gasteiger partial charge in [-0.1, -0.05) is 57.0 Å². The summed E-state index contributed by atoms with van der Waals surface area (Å²) in [6.45, 7) is 6.16. The predicted molar refractivity (Wildman–Crippen MR) is 53.9 cm³/mol. The average Bonchev–Trinajstić information content (AvgIpc) is 2.06. The molecule has 0 aliphatic heterocycles. The molecule has 1 rings (SSSR count). The number of benzene rings is 1. The highest BCUT2D eigenvalue weighted by Gasteiger charge is 2.00. The molecule has 0 heteroatoms. The fourth-order valence-corrected chi connectivity index (χ4v) is 1.47. The molecule has 1 radical (unpaired) electrons. The summed E-state index contributed by atoms with van der Waals surface area (Å²) in [5, 5.41) is 0. The lowest BCUT2D eigenvalue weighted by Crippen LogP contribution is -1.98. The largest absolute Gasteiger partial charge is 0.0622 e. The van der Waals surface area contributed by atoms with Gasteiger partial charge in [0.15, 0.2) is 0 Å². The molecular weight excluding hydrogens is 144 g/mol. The Morgan fingerprint density at radius 3 is 2.50 bits per heavy atom. The zero-order valence-corrected chi connectivity index (χ0v) is 7.79. The Morgan fingerprint density at radius 1 is 1.25 bits per heavy atom. The van der Waals surface area contributed by atoms with E-state index >= 15 is 0 Å². The first kappa shape index (κ1) is 9.31. The minimum absolute atomic E-state index is 0.768. The van der Waals surface area contributed by atoms with Crippen molar-refractivity contribution in [3.63, 3.8) is 0 Å². The quantitative estimate of drug-likeness (QED) is 0.634. The summed E-state index contributed by atoms with van der Waals surface area (Å²) >= 11 is 0. The van der Waals surface area contributed by atoms with E-state index in [-0.39, 0.29) is 0 Å². The van der Waals surface area contributed by atoms with E-state index in [1.54, 1.807) is 0 Å². The normalized spacial score (nSPS) is 12.8. The van der Waals surface area contributed by atoms with Crippen molar-refractivity contribution in [2.75, 3.05) is 0 Å². The zero-order chi connectivity index (χ0) is 8.81. The summed E-state index contributed by atoms with van der Waals surface area (Å²) in [4.78, 5) is 0. The molecule has 0 amide bonds. The molecule has 65 valence electrons. The van der Waals surface area contributed by atoms with Crippen LogP contribution in [0.2, 0.25) is 0 Å². The zero-order valence-electron chi connectivity index (χ0n) is 7.79. The Labute approximate surface area is 75.6 Å². The Morgan fingerprint density at radius 2 is 1.92 bits per heavy atom. The third kappa shape index (κ3) is 3.08. The van der Waals surface area contributed by atoms with Crippen LogP contribution in [0.25, 0.3) is 0 Å². The third-order valence-corrected chi connectivity index (χ3v) is 2.12. The fourth-order valence-electron chi connectivity index (χ4n) is 1.47. The van der Waals surface area contributed by atoms with Crippen LogP contribution >= 0.6 is 0 Å². The lowest BCUT2D eigenvalue weighted by atomic mass is 9.97. The van der Waals surface area contributed by atoms with Crippen LogP contribution in [0.5, 0.6) is 0 Å². The summed E-state index contributed by atoms with van der Waals surface area (Å²) in [6, 6.07) is 10.7. The highest BCUT2D eigenvalue weighted by molar-refractivity contribution is 5.14. The molecular formula is C12H17. The Bertz CT molecular complexity index is 201. The molecule has 1 aromatic carbocycles.